The molecule has 0 saturated carbocycles. The maximum atomic E-state index is 11.5. The lowest BCUT2D eigenvalue weighted by Crippen LogP contribution is -2.45. The normalized spacial score (nSPS) is 19.5. The van der Waals surface area contributed by atoms with Crippen LogP contribution in [0.1, 0.15) is 24.4 Å². The van der Waals surface area contributed by atoms with Gasteiger partial charge in [-0.2, -0.15) is 0 Å². The Morgan fingerprint density at radius 1 is 1.41 bits per heavy atom. The number of hydrogen-bond acceptors (Lipinski definition) is 3. The fraction of sp³-hybridized carbons (Fsp3) is 0.750. The summed E-state index contributed by atoms with van der Waals surface area (Å²) in [4.78, 5) is 2.45. The molecule has 5 heteroatoms. The highest BCUT2D eigenvalue weighted by Gasteiger charge is 2.21. The molecule has 96 valence electrons. The molecule has 2 rings (SSSR count). The van der Waals surface area contributed by atoms with Crippen LogP contribution in [0.2, 0.25) is 0 Å². The summed E-state index contributed by atoms with van der Waals surface area (Å²) in [5, 5.41) is 14.9. The fourth-order valence-corrected chi connectivity index (χ4v) is 2.43. The van der Waals surface area contributed by atoms with Crippen LogP contribution in [0.4, 0.5) is 0 Å². The smallest absolute Gasteiger partial charge is 0.247 e. The number of piperazine rings is 1. The molecular weight excluding hydrogens is 216 g/mol. The minimum atomic E-state index is 0.349. The van der Waals surface area contributed by atoms with Crippen LogP contribution in [0.25, 0.3) is 0 Å². The molecule has 1 aliphatic heterocycles. The molecule has 1 aromatic heterocycles. The Kier molecular flexibility index (Phi) is 3.69. The van der Waals surface area contributed by atoms with E-state index in [4.69, 9.17) is 0 Å². The molecule has 0 radical (unpaired) electrons. The van der Waals surface area contributed by atoms with E-state index in [2.05, 4.69) is 21.7 Å². The van der Waals surface area contributed by atoms with Crippen LogP contribution in [0.5, 0.6) is 0 Å². The van der Waals surface area contributed by atoms with E-state index in [0.717, 1.165) is 48.8 Å². The van der Waals surface area contributed by atoms with Crippen LogP contribution >= 0.6 is 0 Å². The molecule has 17 heavy (non-hydrogen) atoms. The van der Waals surface area contributed by atoms with Crippen molar-refractivity contribution in [2.45, 2.75) is 26.8 Å². The van der Waals surface area contributed by atoms with Crippen LogP contribution < -0.4 is 10.0 Å². The lowest BCUT2D eigenvalue weighted by Gasteiger charge is -2.28. The van der Waals surface area contributed by atoms with E-state index in [0.29, 0.717) is 6.04 Å². The summed E-state index contributed by atoms with van der Waals surface area (Å²) in [6.45, 7) is 11.4. The largest absolute Gasteiger partial charge is 0.711 e. The Bertz CT molecular complexity index is 382. The van der Waals surface area contributed by atoms with Crippen molar-refractivity contribution in [3.8, 4) is 0 Å². The first kappa shape index (κ1) is 12.4. The minimum absolute atomic E-state index is 0.349. The molecule has 0 aliphatic carbocycles. The van der Waals surface area contributed by atoms with Crippen LogP contribution in [-0.4, -0.2) is 42.2 Å². The number of aromatic nitrogens is 2. The summed E-state index contributed by atoms with van der Waals surface area (Å²) in [5.74, 6) is 0. The van der Waals surface area contributed by atoms with Gasteiger partial charge in [-0.25, -0.2) is 9.30 Å². The molecule has 1 aliphatic rings. The molecule has 0 amide bonds. The standard InChI is InChI=1S/C12H22N4O/c1-10(8-14-6-4-13-5-7-14)15-9-16(17)12(3)11(15)2/h9-10,13H,4-8H2,1-3H3. The van der Waals surface area contributed by atoms with E-state index >= 15 is 0 Å². The van der Waals surface area contributed by atoms with E-state index < -0.39 is 0 Å². The van der Waals surface area contributed by atoms with Crippen LogP contribution in [0, 0.1) is 19.1 Å². The molecule has 1 saturated heterocycles. The summed E-state index contributed by atoms with van der Waals surface area (Å²) in [6.07, 6.45) is 1.66. The molecule has 1 atom stereocenters. The summed E-state index contributed by atoms with van der Waals surface area (Å²) in [5.41, 5.74) is 1.87. The maximum Gasteiger partial charge on any atom is 0.247 e. The van der Waals surface area contributed by atoms with Gasteiger partial charge in [0.2, 0.25) is 6.33 Å². The SMILES string of the molecule is Cc1c(C)[n+]([O-])cn1C(C)CN1CCNCC1. The van der Waals surface area contributed by atoms with Crippen molar-refractivity contribution in [1.29, 1.82) is 0 Å². The van der Waals surface area contributed by atoms with Crippen molar-refractivity contribution >= 4 is 0 Å². The average molecular weight is 238 g/mol. The minimum Gasteiger partial charge on any atom is -0.711 e. The number of imidazole rings is 1. The van der Waals surface area contributed by atoms with Crippen molar-refractivity contribution in [2.75, 3.05) is 32.7 Å². The quantitative estimate of drug-likeness (QED) is 0.604. The molecule has 2 heterocycles. The van der Waals surface area contributed by atoms with Crippen molar-refractivity contribution in [1.82, 2.24) is 14.8 Å². The van der Waals surface area contributed by atoms with Crippen LogP contribution in [0.3, 0.4) is 0 Å². The van der Waals surface area contributed by atoms with Gasteiger partial charge in [0.05, 0.1) is 0 Å². The molecule has 0 bridgehead atoms. The van der Waals surface area contributed by atoms with Gasteiger partial charge in [-0.3, -0.25) is 4.90 Å². The predicted molar refractivity (Wildman–Crippen MR) is 66.9 cm³/mol. The number of nitrogens with zero attached hydrogens (tertiary/aromatic N) is 3. The molecule has 1 unspecified atom stereocenters. The Hall–Kier alpha value is -1.07. The topological polar surface area (TPSA) is 47.1 Å². The molecular formula is C12H22N4O. The van der Waals surface area contributed by atoms with Gasteiger partial charge in [0.25, 0.3) is 0 Å². The highest BCUT2D eigenvalue weighted by Crippen LogP contribution is 2.13. The number of nitrogens with one attached hydrogen (secondary N) is 1. The third-order valence-corrected chi connectivity index (χ3v) is 3.68. The Labute approximate surface area is 103 Å². The highest BCUT2D eigenvalue weighted by atomic mass is 16.5. The molecule has 1 aromatic rings. The van der Waals surface area contributed by atoms with Gasteiger partial charge in [-0.15, -0.1) is 0 Å². The van der Waals surface area contributed by atoms with E-state index in [1.807, 2.05) is 13.8 Å². The monoisotopic (exact) mass is 238 g/mol. The first-order valence-electron chi connectivity index (χ1n) is 6.30. The second-order valence-corrected chi connectivity index (χ2v) is 4.92. The second kappa shape index (κ2) is 5.06. The maximum absolute atomic E-state index is 11.5. The van der Waals surface area contributed by atoms with Gasteiger partial charge in [0.15, 0.2) is 0 Å². The third kappa shape index (κ3) is 2.61. The molecule has 5 nitrogen and oxygen atoms in total. The van der Waals surface area contributed by atoms with Crippen molar-refractivity contribution in [2.24, 2.45) is 0 Å². The lowest BCUT2D eigenvalue weighted by atomic mass is 10.2. The van der Waals surface area contributed by atoms with E-state index in [1.165, 1.54) is 0 Å². The van der Waals surface area contributed by atoms with E-state index in [9.17, 15) is 5.21 Å². The van der Waals surface area contributed by atoms with E-state index in [-0.39, 0.29) is 0 Å². The summed E-state index contributed by atoms with van der Waals surface area (Å²) in [7, 11) is 0. The van der Waals surface area contributed by atoms with Gasteiger partial charge < -0.3 is 10.5 Å². The number of rotatable bonds is 3. The van der Waals surface area contributed by atoms with Gasteiger partial charge in [-0.1, -0.05) is 0 Å². The zero-order valence-electron chi connectivity index (χ0n) is 10.9. The fourth-order valence-electron chi connectivity index (χ4n) is 2.43. The Balaban J connectivity index is 2.03. The first-order valence-corrected chi connectivity index (χ1v) is 6.30. The van der Waals surface area contributed by atoms with Gasteiger partial charge >= 0.3 is 0 Å². The zero-order chi connectivity index (χ0) is 12.4. The second-order valence-electron chi connectivity index (χ2n) is 4.92. The van der Waals surface area contributed by atoms with Crippen molar-refractivity contribution in [3.63, 3.8) is 0 Å². The molecule has 1 N–H and O–H groups in total. The first-order chi connectivity index (χ1) is 8.09. The average Bonchev–Trinajstić information content (AvgIpc) is 2.58. The summed E-state index contributed by atoms with van der Waals surface area (Å²) < 4.78 is 3.05. The van der Waals surface area contributed by atoms with Crippen LogP contribution in [0.15, 0.2) is 6.33 Å². The number of hydrogen-bond donors (Lipinski definition) is 1. The molecule has 0 aromatic carbocycles. The predicted octanol–water partition coefficient (Wildman–Crippen LogP) is 0.205. The summed E-state index contributed by atoms with van der Waals surface area (Å²) in [6, 6.07) is 0.349. The summed E-state index contributed by atoms with van der Waals surface area (Å²) >= 11 is 0. The molecule has 0 spiro atoms. The van der Waals surface area contributed by atoms with Gasteiger partial charge in [-0.05, 0) is 6.92 Å². The van der Waals surface area contributed by atoms with Gasteiger partial charge in [0.1, 0.15) is 17.4 Å². The van der Waals surface area contributed by atoms with Gasteiger partial charge in [0, 0.05) is 46.6 Å². The zero-order valence-corrected chi connectivity index (χ0v) is 10.9. The van der Waals surface area contributed by atoms with Crippen molar-refractivity contribution in [3.05, 3.63) is 22.9 Å². The van der Waals surface area contributed by atoms with E-state index in [1.54, 1.807) is 6.33 Å². The van der Waals surface area contributed by atoms with Crippen molar-refractivity contribution < 1.29 is 4.73 Å². The third-order valence-electron chi connectivity index (χ3n) is 3.68. The lowest BCUT2D eigenvalue weighted by molar-refractivity contribution is -0.611. The Morgan fingerprint density at radius 3 is 2.59 bits per heavy atom. The Morgan fingerprint density at radius 2 is 2.06 bits per heavy atom. The highest BCUT2D eigenvalue weighted by molar-refractivity contribution is 5.04. The van der Waals surface area contributed by atoms with Crippen LogP contribution in [-0.2, 0) is 0 Å². The molecule has 1 fully saturated rings.